The normalized spacial score (nSPS) is 39.7. The van der Waals surface area contributed by atoms with Gasteiger partial charge in [-0.1, -0.05) is 11.8 Å². The summed E-state index contributed by atoms with van der Waals surface area (Å²) in [5.74, 6) is 4.10. The molecule has 0 unspecified atom stereocenters. The van der Waals surface area contributed by atoms with E-state index in [4.69, 9.17) is 10.7 Å². The van der Waals surface area contributed by atoms with E-state index in [-0.39, 0.29) is 5.41 Å². The molecule has 1 aromatic heterocycles. The van der Waals surface area contributed by atoms with Gasteiger partial charge in [0.15, 0.2) is 5.16 Å². The Morgan fingerprint density at radius 2 is 1.58 bits per heavy atom. The minimum Gasteiger partial charge on any atom is -0.368 e. The number of aromatic nitrogens is 3. The van der Waals surface area contributed by atoms with Gasteiger partial charge in [0.25, 0.3) is 0 Å². The summed E-state index contributed by atoms with van der Waals surface area (Å²) in [6, 6.07) is 0. The van der Waals surface area contributed by atoms with Crippen LogP contribution in [0.2, 0.25) is 0 Å². The third kappa shape index (κ3) is 1.85. The van der Waals surface area contributed by atoms with Crippen molar-refractivity contribution in [1.82, 2.24) is 15.0 Å². The largest absolute Gasteiger partial charge is 0.368 e. The lowest BCUT2D eigenvalue weighted by molar-refractivity contribution is -0.00974. The minimum atomic E-state index is 0.219. The standard InChI is InChI=1S/C14H20N4S/c1-19-13-17-11(16-12(15)18-13)14-5-8-2-9(6-14)4-10(3-8)7-14/h8-10H,2-7H2,1H3,(H2,15,16,17,18). The molecule has 4 aliphatic rings. The fourth-order valence-corrected chi connectivity index (χ4v) is 5.45. The lowest BCUT2D eigenvalue weighted by Crippen LogP contribution is -2.49. The zero-order valence-corrected chi connectivity index (χ0v) is 12.1. The van der Waals surface area contributed by atoms with E-state index in [1.807, 2.05) is 6.26 Å². The molecule has 0 atom stereocenters. The highest BCUT2D eigenvalue weighted by atomic mass is 32.2. The van der Waals surface area contributed by atoms with Crippen LogP contribution in [0.1, 0.15) is 44.3 Å². The number of thioether (sulfide) groups is 1. The van der Waals surface area contributed by atoms with E-state index >= 15 is 0 Å². The first-order valence-electron chi connectivity index (χ1n) is 7.23. The Kier molecular flexibility index (Phi) is 2.56. The summed E-state index contributed by atoms with van der Waals surface area (Å²) in [6.07, 6.45) is 10.1. The van der Waals surface area contributed by atoms with Gasteiger partial charge in [-0.3, -0.25) is 0 Å². The van der Waals surface area contributed by atoms with Gasteiger partial charge in [0.2, 0.25) is 5.95 Å². The lowest BCUT2D eigenvalue weighted by Gasteiger charge is -2.55. The van der Waals surface area contributed by atoms with Gasteiger partial charge >= 0.3 is 0 Å². The first-order valence-corrected chi connectivity index (χ1v) is 8.45. The van der Waals surface area contributed by atoms with Crippen LogP contribution in [0.25, 0.3) is 0 Å². The van der Waals surface area contributed by atoms with Crippen LogP contribution in [-0.4, -0.2) is 21.2 Å². The van der Waals surface area contributed by atoms with Crippen LogP contribution >= 0.6 is 11.8 Å². The van der Waals surface area contributed by atoms with Crippen molar-refractivity contribution in [1.29, 1.82) is 0 Å². The number of nitrogens with zero attached hydrogens (tertiary/aromatic N) is 3. The van der Waals surface area contributed by atoms with Crippen molar-refractivity contribution in [3.05, 3.63) is 5.82 Å². The molecule has 0 saturated heterocycles. The average molecular weight is 276 g/mol. The summed E-state index contributed by atoms with van der Waals surface area (Å²) in [4.78, 5) is 13.4. The van der Waals surface area contributed by atoms with Crippen LogP contribution < -0.4 is 5.73 Å². The molecule has 1 aromatic rings. The molecule has 0 spiro atoms. The predicted molar refractivity (Wildman–Crippen MR) is 75.9 cm³/mol. The maximum Gasteiger partial charge on any atom is 0.224 e. The molecule has 2 N–H and O–H groups in total. The molecule has 4 bridgehead atoms. The second-order valence-corrected chi connectivity index (χ2v) is 7.48. The van der Waals surface area contributed by atoms with Crippen molar-refractivity contribution in [2.75, 3.05) is 12.0 Å². The molecule has 4 nitrogen and oxygen atoms in total. The van der Waals surface area contributed by atoms with Crippen LogP contribution in [0.15, 0.2) is 5.16 Å². The number of hydrogen-bond acceptors (Lipinski definition) is 5. The van der Waals surface area contributed by atoms with Gasteiger partial charge in [0.1, 0.15) is 5.82 Å². The number of nitrogen functional groups attached to an aromatic ring is 1. The number of anilines is 1. The molecule has 0 aromatic carbocycles. The summed E-state index contributed by atoms with van der Waals surface area (Å²) in [6.45, 7) is 0. The molecule has 4 aliphatic carbocycles. The fourth-order valence-electron chi connectivity index (χ4n) is 5.09. The second-order valence-electron chi connectivity index (χ2n) is 6.70. The number of rotatable bonds is 2. The maximum absolute atomic E-state index is 5.88. The monoisotopic (exact) mass is 276 g/mol. The Labute approximate surface area is 118 Å². The maximum atomic E-state index is 5.88. The Morgan fingerprint density at radius 3 is 2.11 bits per heavy atom. The van der Waals surface area contributed by atoms with Gasteiger partial charge in [-0.15, -0.1) is 0 Å². The van der Waals surface area contributed by atoms with Crippen molar-refractivity contribution in [3.63, 3.8) is 0 Å². The smallest absolute Gasteiger partial charge is 0.224 e. The quantitative estimate of drug-likeness (QED) is 0.841. The van der Waals surface area contributed by atoms with E-state index in [9.17, 15) is 0 Å². The minimum absolute atomic E-state index is 0.219. The molecule has 102 valence electrons. The van der Waals surface area contributed by atoms with Crippen LogP contribution in [0.5, 0.6) is 0 Å². The van der Waals surface area contributed by atoms with Crippen LogP contribution in [-0.2, 0) is 5.41 Å². The van der Waals surface area contributed by atoms with E-state index < -0.39 is 0 Å². The third-order valence-corrected chi connectivity index (χ3v) is 5.88. The molecular formula is C14H20N4S. The summed E-state index contributed by atoms with van der Waals surface area (Å²) >= 11 is 1.56. The van der Waals surface area contributed by atoms with Crippen molar-refractivity contribution in [2.24, 2.45) is 17.8 Å². The molecule has 0 aliphatic heterocycles. The van der Waals surface area contributed by atoms with Crippen molar-refractivity contribution < 1.29 is 0 Å². The Bertz CT molecular complexity index is 481. The van der Waals surface area contributed by atoms with E-state index in [0.717, 1.165) is 28.7 Å². The SMILES string of the molecule is CSc1nc(N)nc(C23CC4CC(CC(C4)C2)C3)n1. The van der Waals surface area contributed by atoms with Gasteiger partial charge in [-0.25, -0.2) is 4.98 Å². The highest BCUT2D eigenvalue weighted by molar-refractivity contribution is 7.98. The summed E-state index contributed by atoms with van der Waals surface area (Å²) in [5.41, 5.74) is 6.10. The van der Waals surface area contributed by atoms with E-state index in [1.54, 1.807) is 11.8 Å². The second kappa shape index (κ2) is 4.08. The molecule has 5 rings (SSSR count). The highest BCUT2D eigenvalue weighted by Gasteiger charge is 2.53. The molecule has 0 amide bonds. The molecule has 19 heavy (non-hydrogen) atoms. The molecule has 4 fully saturated rings. The van der Waals surface area contributed by atoms with Gasteiger partial charge in [0.05, 0.1) is 0 Å². The van der Waals surface area contributed by atoms with Gasteiger partial charge in [-0.05, 0) is 62.5 Å². The van der Waals surface area contributed by atoms with Gasteiger partial charge in [-0.2, -0.15) is 9.97 Å². The molecular weight excluding hydrogens is 256 g/mol. The lowest BCUT2D eigenvalue weighted by atomic mass is 9.49. The fraction of sp³-hybridized carbons (Fsp3) is 0.786. The van der Waals surface area contributed by atoms with E-state index in [2.05, 4.69) is 9.97 Å². The van der Waals surface area contributed by atoms with Crippen molar-refractivity contribution in [3.8, 4) is 0 Å². The highest BCUT2D eigenvalue weighted by Crippen LogP contribution is 2.60. The number of nitrogens with two attached hydrogens (primary N) is 1. The zero-order valence-electron chi connectivity index (χ0n) is 11.3. The first-order chi connectivity index (χ1) is 9.17. The van der Waals surface area contributed by atoms with Crippen LogP contribution in [0.3, 0.4) is 0 Å². The zero-order chi connectivity index (χ0) is 13.0. The predicted octanol–water partition coefficient (Wildman–Crippen LogP) is 2.64. The first kappa shape index (κ1) is 11.9. The van der Waals surface area contributed by atoms with E-state index in [0.29, 0.717) is 5.95 Å². The Morgan fingerprint density at radius 1 is 1.00 bits per heavy atom. The number of hydrogen-bond donors (Lipinski definition) is 1. The summed E-state index contributed by atoms with van der Waals surface area (Å²) in [5, 5.41) is 0.776. The molecule has 4 saturated carbocycles. The van der Waals surface area contributed by atoms with E-state index in [1.165, 1.54) is 38.5 Å². The summed E-state index contributed by atoms with van der Waals surface area (Å²) in [7, 11) is 0. The van der Waals surface area contributed by atoms with Gasteiger partial charge < -0.3 is 5.73 Å². The average Bonchev–Trinajstić information content (AvgIpc) is 2.36. The molecule has 1 heterocycles. The van der Waals surface area contributed by atoms with Gasteiger partial charge in [0, 0.05) is 5.41 Å². The topological polar surface area (TPSA) is 64.7 Å². The van der Waals surface area contributed by atoms with Crippen LogP contribution in [0.4, 0.5) is 5.95 Å². The molecule has 0 radical (unpaired) electrons. The van der Waals surface area contributed by atoms with Crippen LogP contribution in [0, 0.1) is 17.8 Å². The molecule has 5 heteroatoms. The van der Waals surface area contributed by atoms with Crippen molar-refractivity contribution in [2.45, 2.75) is 49.1 Å². The van der Waals surface area contributed by atoms with Crippen molar-refractivity contribution >= 4 is 17.7 Å². The third-order valence-electron chi connectivity index (χ3n) is 5.33. The Hall–Kier alpha value is -0.840. The summed E-state index contributed by atoms with van der Waals surface area (Å²) < 4.78 is 0. The Balaban J connectivity index is 1.77.